The second-order valence-corrected chi connectivity index (χ2v) is 5.09. The van der Waals surface area contributed by atoms with Crippen LogP contribution in [0.2, 0.25) is 0 Å². The van der Waals surface area contributed by atoms with Crippen molar-refractivity contribution in [2.24, 2.45) is 5.92 Å². The molecule has 2 rings (SSSR count). The first-order valence-electron chi connectivity index (χ1n) is 6.55. The number of hydrogen-bond donors (Lipinski definition) is 1. The van der Waals surface area contributed by atoms with Crippen molar-refractivity contribution in [2.45, 2.75) is 13.8 Å². The van der Waals surface area contributed by atoms with Crippen LogP contribution < -0.4 is 5.32 Å². The third-order valence-electron chi connectivity index (χ3n) is 3.07. The van der Waals surface area contributed by atoms with E-state index in [9.17, 15) is 4.79 Å². The van der Waals surface area contributed by atoms with Crippen molar-refractivity contribution in [3.05, 3.63) is 54.1 Å². The molecule has 98 valence electrons. The Morgan fingerprint density at radius 2 is 2.11 bits per heavy atom. The first-order chi connectivity index (χ1) is 9.11. The molecule has 0 saturated heterocycles. The average molecular weight is 253 g/mol. The maximum Gasteiger partial charge on any atom is 0.251 e. The molecule has 19 heavy (non-hydrogen) atoms. The number of benzene rings is 2. The van der Waals surface area contributed by atoms with Gasteiger partial charge < -0.3 is 5.32 Å². The topological polar surface area (TPSA) is 29.1 Å². The molecule has 0 aliphatic heterocycles. The summed E-state index contributed by atoms with van der Waals surface area (Å²) < 4.78 is 0. The van der Waals surface area contributed by atoms with E-state index in [-0.39, 0.29) is 5.91 Å². The molecular formula is C17H19NO. The van der Waals surface area contributed by atoms with E-state index in [4.69, 9.17) is 0 Å². The van der Waals surface area contributed by atoms with E-state index in [0.717, 1.165) is 16.3 Å². The minimum atomic E-state index is -0.0143. The molecule has 0 aliphatic rings. The molecule has 0 unspecified atom stereocenters. The van der Waals surface area contributed by atoms with Crippen molar-refractivity contribution in [1.29, 1.82) is 0 Å². The standard InChI is InChI=1S/C17H19NO/c1-4-13-6-5-7-14-10-15(8-9-16(13)14)17(19)18-11-12(2)3/h4-10,12H,1,11H2,2-3H3,(H,18,19). The maximum absolute atomic E-state index is 12.0. The van der Waals surface area contributed by atoms with Crippen molar-refractivity contribution in [3.8, 4) is 0 Å². The van der Waals surface area contributed by atoms with Crippen LogP contribution >= 0.6 is 0 Å². The average Bonchev–Trinajstić information content (AvgIpc) is 2.43. The van der Waals surface area contributed by atoms with Gasteiger partial charge in [-0.3, -0.25) is 4.79 Å². The van der Waals surface area contributed by atoms with Crippen molar-refractivity contribution >= 4 is 22.8 Å². The highest BCUT2D eigenvalue weighted by Gasteiger charge is 2.07. The maximum atomic E-state index is 12.0. The second-order valence-electron chi connectivity index (χ2n) is 5.09. The lowest BCUT2D eigenvalue weighted by molar-refractivity contribution is 0.0949. The molecule has 2 nitrogen and oxygen atoms in total. The minimum absolute atomic E-state index is 0.0143. The largest absolute Gasteiger partial charge is 0.352 e. The predicted molar refractivity (Wildman–Crippen MR) is 81.2 cm³/mol. The van der Waals surface area contributed by atoms with Crippen molar-refractivity contribution in [2.75, 3.05) is 6.54 Å². The molecule has 0 radical (unpaired) electrons. The van der Waals surface area contributed by atoms with E-state index in [2.05, 4.69) is 25.7 Å². The van der Waals surface area contributed by atoms with Crippen LogP contribution in [0.3, 0.4) is 0 Å². The summed E-state index contributed by atoms with van der Waals surface area (Å²) in [6, 6.07) is 11.8. The van der Waals surface area contributed by atoms with Gasteiger partial charge in [0.2, 0.25) is 0 Å². The van der Waals surface area contributed by atoms with Gasteiger partial charge in [0.1, 0.15) is 0 Å². The summed E-state index contributed by atoms with van der Waals surface area (Å²) in [5.41, 5.74) is 1.79. The first-order valence-corrected chi connectivity index (χ1v) is 6.55. The molecule has 0 aromatic heterocycles. The van der Waals surface area contributed by atoms with E-state index in [1.54, 1.807) is 0 Å². The normalized spacial score (nSPS) is 10.7. The van der Waals surface area contributed by atoms with Crippen LogP contribution in [0.4, 0.5) is 0 Å². The van der Waals surface area contributed by atoms with Crippen molar-refractivity contribution < 1.29 is 4.79 Å². The number of carbonyl (C=O) groups excluding carboxylic acids is 1. The Hall–Kier alpha value is -2.09. The summed E-state index contributed by atoms with van der Waals surface area (Å²) >= 11 is 0. The number of carbonyl (C=O) groups is 1. The molecule has 2 aromatic carbocycles. The highest BCUT2D eigenvalue weighted by molar-refractivity contribution is 6.00. The number of rotatable bonds is 4. The van der Waals surface area contributed by atoms with Crippen LogP contribution in [0.15, 0.2) is 43.0 Å². The fourth-order valence-electron chi connectivity index (χ4n) is 2.03. The van der Waals surface area contributed by atoms with Gasteiger partial charge in [-0.15, -0.1) is 0 Å². The molecular weight excluding hydrogens is 234 g/mol. The summed E-state index contributed by atoms with van der Waals surface area (Å²) in [5, 5.41) is 5.12. The summed E-state index contributed by atoms with van der Waals surface area (Å²) in [6.45, 7) is 8.67. The van der Waals surface area contributed by atoms with Crippen molar-refractivity contribution in [3.63, 3.8) is 0 Å². The van der Waals surface area contributed by atoms with Crippen LogP contribution in [0.1, 0.15) is 29.8 Å². The Bertz CT molecular complexity index is 614. The molecule has 0 aliphatic carbocycles. The number of fused-ring (bicyclic) bond motifs is 1. The minimum Gasteiger partial charge on any atom is -0.352 e. The van der Waals surface area contributed by atoms with Crippen LogP contribution in [-0.2, 0) is 0 Å². The van der Waals surface area contributed by atoms with Gasteiger partial charge in [0, 0.05) is 12.1 Å². The van der Waals surface area contributed by atoms with Gasteiger partial charge in [0.05, 0.1) is 0 Å². The lowest BCUT2D eigenvalue weighted by atomic mass is 10.0. The second kappa shape index (κ2) is 5.70. The van der Waals surface area contributed by atoms with Crippen LogP contribution in [0, 0.1) is 5.92 Å². The Balaban J connectivity index is 2.31. The zero-order valence-corrected chi connectivity index (χ0v) is 11.4. The SMILES string of the molecule is C=Cc1cccc2cc(C(=O)NCC(C)C)ccc12. The van der Waals surface area contributed by atoms with E-state index < -0.39 is 0 Å². The fraction of sp³-hybridized carbons (Fsp3) is 0.235. The van der Waals surface area contributed by atoms with Gasteiger partial charge >= 0.3 is 0 Å². The van der Waals surface area contributed by atoms with Crippen LogP contribution in [0.5, 0.6) is 0 Å². The molecule has 2 aromatic rings. The highest BCUT2D eigenvalue weighted by Crippen LogP contribution is 2.21. The zero-order chi connectivity index (χ0) is 13.8. The Morgan fingerprint density at radius 3 is 2.79 bits per heavy atom. The molecule has 1 N–H and O–H groups in total. The summed E-state index contributed by atoms with van der Waals surface area (Å²) in [4.78, 5) is 12.0. The Labute approximate surface area is 114 Å². The lowest BCUT2D eigenvalue weighted by Crippen LogP contribution is -2.27. The quantitative estimate of drug-likeness (QED) is 0.880. The van der Waals surface area contributed by atoms with E-state index in [0.29, 0.717) is 18.0 Å². The third kappa shape index (κ3) is 3.02. The molecule has 0 atom stereocenters. The van der Waals surface area contributed by atoms with Gasteiger partial charge in [-0.1, -0.05) is 50.8 Å². The predicted octanol–water partition coefficient (Wildman–Crippen LogP) is 3.87. The van der Waals surface area contributed by atoms with Crippen molar-refractivity contribution in [1.82, 2.24) is 5.32 Å². The summed E-state index contributed by atoms with van der Waals surface area (Å²) in [6.07, 6.45) is 1.83. The number of amides is 1. The monoisotopic (exact) mass is 253 g/mol. The highest BCUT2D eigenvalue weighted by atomic mass is 16.1. The first kappa shape index (κ1) is 13.3. The lowest BCUT2D eigenvalue weighted by Gasteiger charge is -2.09. The Kier molecular flexibility index (Phi) is 4.00. The molecule has 0 saturated carbocycles. The smallest absolute Gasteiger partial charge is 0.251 e. The zero-order valence-electron chi connectivity index (χ0n) is 11.4. The summed E-state index contributed by atoms with van der Waals surface area (Å²) in [5.74, 6) is 0.441. The van der Waals surface area contributed by atoms with Gasteiger partial charge in [0.25, 0.3) is 5.91 Å². The van der Waals surface area contributed by atoms with E-state index in [1.165, 1.54) is 0 Å². The van der Waals surface area contributed by atoms with Gasteiger partial charge in [-0.2, -0.15) is 0 Å². The summed E-state index contributed by atoms with van der Waals surface area (Å²) in [7, 11) is 0. The van der Waals surface area contributed by atoms with E-state index >= 15 is 0 Å². The number of hydrogen-bond acceptors (Lipinski definition) is 1. The van der Waals surface area contributed by atoms with Gasteiger partial charge in [0.15, 0.2) is 0 Å². The third-order valence-corrected chi connectivity index (χ3v) is 3.07. The Morgan fingerprint density at radius 1 is 1.32 bits per heavy atom. The molecule has 0 heterocycles. The van der Waals surface area contributed by atoms with Gasteiger partial charge in [-0.25, -0.2) is 0 Å². The molecule has 0 fully saturated rings. The molecule has 1 amide bonds. The molecule has 0 bridgehead atoms. The van der Waals surface area contributed by atoms with Crippen LogP contribution in [-0.4, -0.2) is 12.5 Å². The fourth-order valence-corrected chi connectivity index (χ4v) is 2.03. The molecule has 2 heteroatoms. The molecule has 0 spiro atoms. The van der Waals surface area contributed by atoms with Gasteiger partial charge in [-0.05, 0) is 34.4 Å². The van der Waals surface area contributed by atoms with Crippen LogP contribution in [0.25, 0.3) is 16.8 Å². The number of nitrogens with one attached hydrogen (secondary N) is 1. The van der Waals surface area contributed by atoms with E-state index in [1.807, 2.05) is 42.5 Å².